The van der Waals surface area contributed by atoms with Gasteiger partial charge in [0.2, 0.25) is 0 Å². The lowest BCUT2D eigenvalue weighted by Gasteiger charge is -2.22. The Bertz CT molecular complexity index is 958. The van der Waals surface area contributed by atoms with Crippen molar-refractivity contribution in [2.45, 2.75) is 32.3 Å². The van der Waals surface area contributed by atoms with E-state index in [-0.39, 0.29) is 0 Å². The minimum absolute atomic E-state index is 0.325. The van der Waals surface area contributed by atoms with Crippen LogP contribution >= 0.6 is 0 Å². The van der Waals surface area contributed by atoms with E-state index in [2.05, 4.69) is 54.2 Å². The van der Waals surface area contributed by atoms with Crippen molar-refractivity contribution in [3.8, 4) is 5.75 Å². The number of aromatic nitrogens is 1. The lowest BCUT2D eigenvalue weighted by atomic mass is 9.93. The highest BCUT2D eigenvalue weighted by Crippen LogP contribution is 2.34. The summed E-state index contributed by atoms with van der Waals surface area (Å²) in [5.41, 5.74) is 7.44. The number of rotatable bonds is 4. The van der Waals surface area contributed by atoms with Gasteiger partial charge in [-0.3, -0.25) is 0 Å². The van der Waals surface area contributed by atoms with Crippen molar-refractivity contribution in [3.63, 3.8) is 0 Å². The third-order valence-electron chi connectivity index (χ3n) is 5.60. The minimum atomic E-state index is 0.325. The molecule has 26 heavy (non-hydrogen) atoms. The number of anilines is 2. The molecule has 0 aliphatic heterocycles. The fraction of sp³-hybridized carbons (Fsp3) is 0.364. The van der Waals surface area contributed by atoms with Crippen LogP contribution in [0.4, 0.5) is 11.4 Å². The van der Waals surface area contributed by atoms with E-state index in [1.807, 2.05) is 13.2 Å². The first kappa shape index (κ1) is 17.0. The number of hydrogen-bond donors (Lipinski definition) is 1. The Kier molecular flexibility index (Phi) is 4.37. The van der Waals surface area contributed by atoms with Gasteiger partial charge in [-0.1, -0.05) is 6.07 Å². The van der Waals surface area contributed by atoms with Crippen LogP contribution in [0.25, 0.3) is 10.9 Å². The molecule has 0 bridgehead atoms. The Balaban J connectivity index is 1.71. The van der Waals surface area contributed by atoms with Crippen molar-refractivity contribution in [3.05, 3.63) is 53.2 Å². The van der Waals surface area contributed by atoms with Gasteiger partial charge < -0.3 is 19.4 Å². The van der Waals surface area contributed by atoms with Crippen molar-refractivity contribution < 1.29 is 9.47 Å². The quantitative estimate of drug-likeness (QED) is 0.738. The lowest BCUT2D eigenvalue weighted by molar-refractivity contribution is 0.0908. The Hall–Kier alpha value is -2.46. The number of ether oxygens (including phenoxy) is 2. The summed E-state index contributed by atoms with van der Waals surface area (Å²) in [6, 6.07) is 12.8. The zero-order valence-corrected chi connectivity index (χ0v) is 15.9. The van der Waals surface area contributed by atoms with Gasteiger partial charge in [0, 0.05) is 54.6 Å². The normalized spacial score (nSPS) is 16.5. The van der Waals surface area contributed by atoms with Crippen molar-refractivity contribution in [1.29, 1.82) is 0 Å². The maximum atomic E-state index is 5.63. The minimum Gasteiger partial charge on any atom is -0.496 e. The SMILES string of the molecule is COc1cc(Nc2ccc3c(c2)c2c(n3C)CCC(OC)C2)ccc1C. The molecule has 1 N–H and O–H groups in total. The van der Waals surface area contributed by atoms with Crippen molar-refractivity contribution >= 4 is 22.3 Å². The first-order valence-corrected chi connectivity index (χ1v) is 9.15. The van der Waals surface area contributed by atoms with Crippen LogP contribution in [0.2, 0.25) is 0 Å². The van der Waals surface area contributed by atoms with Crippen molar-refractivity contribution in [1.82, 2.24) is 4.57 Å². The number of hydrogen-bond acceptors (Lipinski definition) is 3. The Morgan fingerprint density at radius 2 is 1.85 bits per heavy atom. The molecule has 0 amide bonds. The van der Waals surface area contributed by atoms with E-state index in [0.29, 0.717) is 6.10 Å². The second-order valence-corrected chi connectivity index (χ2v) is 7.13. The second kappa shape index (κ2) is 6.69. The number of aryl methyl sites for hydroxylation is 2. The van der Waals surface area contributed by atoms with Gasteiger partial charge in [-0.25, -0.2) is 0 Å². The number of nitrogens with zero attached hydrogens (tertiary/aromatic N) is 1. The van der Waals surface area contributed by atoms with Gasteiger partial charge in [-0.15, -0.1) is 0 Å². The maximum absolute atomic E-state index is 5.63. The highest BCUT2D eigenvalue weighted by molar-refractivity contribution is 5.89. The van der Waals surface area contributed by atoms with Crippen LogP contribution in [0, 0.1) is 6.92 Å². The third kappa shape index (κ3) is 2.84. The number of benzene rings is 2. The van der Waals surface area contributed by atoms with E-state index in [9.17, 15) is 0 Å². The van der Waals surface area contributed by atoms with E-state index in [1.54, 1.807) is 7.11 Å². The van der Waals surface area contributed by atoms with Gasteiger partial charge in [0.1, 0.15) is 5.75 Å². The summed E-state index contributed by atoms with van der Waals surface area (Å²) in [5, 5.41) is 4.85. The van der Waals surface area contributed by atoms with E-state index in [1.165, 1.54) is 22.2 Å². The summed E-state index contributed by atoms with van der Waals surface area (Å²) in [4.78, 5) is 0. The summed E-state index contributed by atoms with van der Waals surface area (Å²) >= 11 is 0. The van der Waals surface area contributed by atoms with Crippen LogP contribution in [-0.4, -0.2) is 24.9 Å². The molecule has 2 aromatic carbocycles. The number of fused-ring (bicyclic) bond motifs is 3. The van der Waals surface area contributed by atoms with E-state index >= 15 is 0 Å². The molecule has 4 nitrogen and oxygen atoms in total. The molecule has 1 heterocycles. The molecule has 3 aromatic rings. The Labute approximate surface area is 154 Å². The van der Waals surface area contributed by atoms with Crippen LogP contribution in [0.5, 0.6) is 5.75 Å². The molecule has 1 aliphatic carbocycles. The first-order chi connectivity index (χ1) is 12.6. The third-order valence-corrected chi connectivity index (χ3v) is 5.60. The smallest absolute Gasteiger partial charge is 0.123 e. The van der Waals surface area contributed by atoms with E-state index < -0.39 is 0 Å². The van der Waals surface area contributed by atoms with Crippen LogP contribution in [0.15, 0.2) is 36.4 Å². The van der Waals surface area contributed by atoms with Crippen LogP contribution in [0.3, 0.4) is 0 Å². The highest BCUT2D eigenvalue weighted by Gasteiger charge is 2.24. The van der Waals surface area contributed by atoms with Crippen LogP contribution in [0.1, 0.15) is 23.2 Å². The van der Waals surface area contributed by atoms with Crippen LogP contribution < -0.4 is 10.1 Å². The molecule has 1 aromatic heterocycles. The molecule has 1 atom stereocenters. The largest absolute Gasteiger partial charge is 0.496 e. The summed E-state index contributed by atoms with van der Waals surface area (Å²) in [5.74, 6) is 0.899. The predicted molar refractivity (Wildman–Crippen MR) is 107 cm³/mol. The molecule has 4 heteroatoms. The molecule has 0 radical (unpaired) electrons. The number of nitrogens with one attached hydrogen (secondary N) is 1. The Morgan fingerprint density at radius 3 is 2.62 bits per heavy atom. The molecule has 1 aliphatic rings. The van der Waals surface area contributed by atoms with Gasteiger partial charge in [0.05, 0.1) is 13.2 Å². The van der Waals surface area contributed by atoms with Gasteiger partial charge in [-0.05, 0) is 55.2 Å². The Morgan fingerprint density at radius 1 is 1.08 bits per heavy atom. The standard InChI is InChI=1S/C22H26N2O2/c1-14-5-6-16(12-22(14)26-4)23-15-7-9-20-18(11-15)19-13-17(25-3)8-10-21(19)24(20)2/h5-7,9,11-12,17,23H,8,10,13H2,1-4H3. The first-order valence-electron chi connectivity index (χ1n) is 9.15. The topological polar surface area (TPSA) is 35.4 Å². The summed E-state index contributed by atoms with van der Waals surface area (Å²) in [6.07, 6.45) is 3.50. The molecule has 136 valence electrons. The van der Waals surface area contributed by atoms with E-state index in [4.69, 9.17) is 9.47 Å². The van der Waals surface area contributed by atoms with Crippen LogP contribution in [-0.2, 0) is 24.6 Å². The van der Waals surface area contributed by atoms with Gasteiger partial charge in [0.25, 0.3) is 0 Å². The average Bonchev–Trinajstić information content (AvgIpc) is 2.94. The molecular formula is C22H26N2O2. The lowest BCUT2D eigenvalue weighted by Crippen LogP contribution is -2.21. The molecule has 1 unspecified atom stereocenters. The predicted octanol–water partition coefficient (Wildman–Crippen LogP) is 4.74. The van der Waals surface area contributed by atoms with Gasteiger partial charge >= 0.3 is 0 Å². The molecule has 0 spiro atoms. The monoisotopic (exact) mass is 350 g/mol. The van der Waals surface area contributed by atoms with Gasteiger partial charge in [0.15, 0.2) is 0 Å². The van der Waals surface area contributed by atoms with Gasteiger partial charge in [-0.2, -0.15) is 0 Å². The molecule has 4 rings (SSSR count). The summed E-state index contributed by atoms with van der Waals surface area (Å²) in [6.45, 7) is 2.05. The summed E-state index contributed by atoms with van der Waals surface area (Å²) < 4.78 is 13.4. The fourth-order valence-corrected chi connectivity index (χ4v) is 4.09. The number of methoxy groups -OCH3 is 2. The molecular weight excluding hydrogens is 324 g/mol. The highest BCUT2D eigenvalue weighted by atomic mass is 16.5. The zero-order chi connectivity index (χ0) is 18.3. The van der Waals surface area contributed by atoms with E-state index in [0.717, 1.165) is 42.0 Å². The van der Waals surface area contributed by atoms with Crippen molar-refractivity contribution in [2.75, 3.05) is 19.5 Å². The second-order valence-electron chi connectivity index (χ2n) is 7.13. The average molecular weight is 350 g/mol. The maximum Gasteiger partial charge on any atom is 0.123 e. The van der Waals surface area contributed by atoms with Crippen molar-refractivity contribution in [2.24, 2.45) is 7.05 Å². The fourth-order valence-electron chi connectivity index (χ4n) is 4.09. The molecule has 0 fully saturated rings. The molecule has 0 saturated heterocycles. The summed E-state index contributed by atoms with van der Waals surface area (Å²) in [7, 11) is 5.70. The zero-order valence-electron chi connectivity index (χ0n) is 15.9. The molecule has 0 saturated carbocycles.